The highest BCUT2D eigenvalue weighted by molar-refractivity contribution is 5.89. The van der Waals surface area contributed by atoms with Gasteiger partial charge in [0.05, 0.1) is 25.8 Å². The van der Waals surface area contributed by atoms with Crippen LogP contribution in [0.1, 0.15) is 17.7 Å². The minimum atomic E-state index is -0.314. The maximum Gasteiger partial charge on any atom is 0.225 e. The summed E-state index contributed by atoms with van der Waals surface area (Å²) in [7, 11) is 1.62. The Hall–Kier alpha value is -2.76. The van der Waals surface area contributed by atoms with Gasteiger partial charge in [0.2, 0.25) is 11.8 Å². The molecule has 6 nitrogen and oxygen atoms in total. The first-order chi connectivity index (χ1) is 11.7. The monoisotopic (exact) mass is 328 g/mol. The minimum absolute atomic E-state index is 0.00367. The Labute approximate surface area is 140 Å². The molecule has 1 atom stereocenters. The molecule has 2 heterocycles. The summed E-state index contributed by atoms with van der Waals surface area (Å²) in [6.45, 7) is 1.29. The van der Waals surface area contributed by atoms with E-state index in [-0.39, 0.29) is 24.2 Å². The number of benzene rings is 1. The molecule has 6 heteroatoms. The van der Waals surface area contributed by atoms with Gasteiger partial charge in [-0.15, -0.1) is 0 Å². The van der Waals surface area contributed by atoms with E-state index >= 15 is 0 Å². The molecule has 1 N–H and O–H groups in total. The van der Waals surface area contributed by atoms with Crippen molar-refractivity contribution in [3.63, 3.8) is 0 Å². The van der Waals surface area contributed by atoms with Gasteiger partial charge in [-0.25, -0.2) is 0 Å². The van der Waals surface area contributed by atoms with Gasteiger partial charge in [-0.3, -0.25) is 9.59 Å². The third-order valence-corrected chi connectivity index (χ3v) is 4.13. The lowest BCUT2D eigenvalue weighted by Gasteiger charge is -2.17. The van der Waals surface area contributed by atoms with Crippen molar-refractivity contribution in [1.82, 2.24) is 10.2 Å². The topological polar surface area (TPSA) is 71.8 Å². The number of carbonyl (C=O) groups excluding carboxylic acids is 2. The van der Waals surface area contributed by atoms with Gasteiger partial charge in [-0.2, -0.15) is 0 Å². The summed E-state index contributed by atoms with van der Waals surface area (Å²) in [5.41, 5.74) is 1.01. The average molecular weight is 328 g/mol. The van der Waals surface area contributed by atoms with Crippen LogP contribution in [0.4, 0.5) is 0 Å². The summed E-state index contributed by atoms with van der Waals surface area (Å²) in [5, 5.41) is 2.82. The predicted octanol–water partition coefficient (Wildman–Crippen LogP) is 1.95. The summed E-state index contributed by atoms with van der Waals surface area (Å²) in [4.78, 5) is 26.1. The van der Waals surface area contributed by atoms with Crippen LogP contribution < -0.4 is 10.1 Å². The molecule has 1 aliphatic heterocycles. The van der Waals surface area contributed by atoms with Crippen molar-refractivity contribution in [3.05, 3.63) is 54.0 Å². The van der Waals surface area contributed by atoms with Crippen LogP contribution in [0.15, 0.2) is 47.1 Å². The van der Waals surface area contributed by atoms with Gasteiger partial charge >= 0.3 is 0 Å². The van der Waals surface area contributed by atoms with Crippen molar-refractivity contribution in [2.45, 2.75) is 19.5 Å². The lowest BCUT2D eigenvalue weighted by atomic mass is 10.1. The van der Waals surface area contributed by atoms with Gasteiger partial charge in [-0.1, -0.05) is 12.1 Å². The van der Waals surface area contributed by atoms with E-state index in [9.17, 15) is 9.59 Å². The molecule has 0 spiro atoms. The Kier molecular flexibility index (Phi) is 4.84. The molecule has 126 valence electrons. The van der Waals surface area contributed by atoms with E-state index in [2.05, 4.69) is 5.32 Å². The molecule has 1 fully saturated rings. The molecule has 0 saturated carbocycles. The largest absolute Gasteiger partial charge is 0.497 e. The molecular formula is C18H20N2O4. The van der Waals surface area contributed by atoms with Crippen molar-refractivity contribution in [1.29, 1.82) is 0 Å². The normalized spacial score (nSPS) is 17.1. The number of hydrogen-bond acceptors (Lipinski definition) is 4. The van der Waals surface area contributed by atoms with E-state index in [0.717, 1.165) is 11.3 Å². The third kappa shape index (κ3) is 3.76. The fourth-order valence-corrected chi connectivity index (χ4v) is 2.78. The molecule has 0 radical (unpaired) electrons. The van der Waals surface area contributed by atoms with Crippen LogP contribution in [0.3, 0.4) is 0 Å². The van der Waals surface area contributed by atoms with Crippen LogP contribution in [-0.4, -0.2) is 30.4 Å². The maximum atomic E-state index is 12.2. The number of nitrogens with zero attached hydrogens (tertiary/aromatic N) is 1. The van der Waals surface area contributed by atoms with Crippen molar-refractivity contribution < 1.29 is 18.7 Å². The van der Waals surface area contributed by atoms with Crippen LogP contribution in [0.5, 0.6) is 5.75 Å². The zero-order valence-electron chi connectivity index (χ0n) is 13.5. The summed E-state index contributed by atoms with van der Waals surface area (Å²) >= 11 is 0. The van der Waals surface area contributed by atoms with Crippen LogP contribution in [-0.2, 0) is 22.7 Å². The first-order valence-electron chi connectivity index (χ1n) is 7.86. The molecule has 2 amide bonds. The van der Waals surface area contributed by atoms with E-state index in [1.54, 1.807) is 30.4 Å². The second kappa shape index (κ2) is 7.21. The zero-order valence-corrected chi connectivity index (χ0v) is 13.5. The molecule has 0 bridgehead atoms. The first-order valence-corrected chi connectivity index (χ1v) is 7.86. The summed E-state index contributed by atoms with van der Waals surface area (Å²) in [6, 6.07) is 11.2. The van der Waals surface area contributed by atoms with Crippen LogP contribution in [0.2, 0.25) is 0 Å². The molecule has 3 rings (SSSR count). The molecule has 1 aromatic heterocycles. The number of hydrogen-bond donors (Lipinski definition) is 1. The third-order valence-electron chi connectivity index (χ3n) is 4.13. The highest BCUT2D eigenvalue weighted by atomic mass is 16.5. The fourth-order valence-electron chi connectivity index (χ4n) is 2.78. The Morgan fingerprint density at radius 3 is 2.79 bits per heavy atom. The molecule has 1 aromatic carbocycles. The molecule has 24 heavy (non-hydrogen) atoms. The summed E-state index contributed by atoms with van der Waals surface area (Å²) in [6.07, 6.45) is 1.82. The number of methoxy groups -OCH3 is 1. The Morgan fingerprint density at radius 1 is 1.33 bits per heavy atom. The number of rotatable bonds is 6. The van der Waals surface area contributed by atoms with Crippen molar-refractivity contribution in [2.24, 2.45) is 5.92 Å². The molecule has 1 aliphatic rings. The highest BCUT2D eigenvalue weighted by Crippen LogP contribution is 2.21. The van der Waals surface area contributed by atoms with Crippen molar-refractivity contribution in [3.8, 4) is 5.75 Å². The van der Waals surface area contributed by atoms with Crippen LogP contribution in [0.25, 0.3) is 0 Å². The van der Waals surface area contributed by atoms with Crippen molar-refractivity contribution >= 4 is 11.8 Å². The van der Waals surface area contributed by atoms with Gasteiger partial charge in [0.15, 0.2) is 0 Å². The quantitative estimate of drug-likeness (QED) is 0.880. The van der Waals surface area contributed by atoms with E-state index in [0.29, 0.717) is 25.4 Å². The van der Waals surface area contributed by atoms with E-state index in [1.807, 2.05) is 24.3 Å². The van der Waals surface area contributed by atoms with Gasteiger partial charge in [0.1, 0.15) is 11.5 Å². The van der Waals surface area contributed by atoms with E-state index < -0.39 is 0 Å². The number of ether oxygens (including phenoxy) is 1. The second-order valence-electron chi connectivity index (χ2n) is 5.82. The lowest BCUT2D eigenvalue weighted by molar-refractivity contribution is -0.129. The number of carbonyl (C=O) groups is 2. The fraction of sp³-hybridized carbons (Fsp3) is 0.333. The van der Waals surface area contributed by atoms with E-state index in [4.69, 9.17) is 9.15 Å². The molecule has 0 aliphatic carbocycles. The number of nitrogens with one attached hydrogen (secondary N) is 1. The molecule has 2 aromatic rings. The number of furan rings is 1. The van der Waals surface area contributed by atoms with Crippen LogP contribution in [0, 0.1) is 5.92 Å². The Morgan fingerprint density at radius 2 is 2.12 bits per heavy atom. The molecular weight excluding hydrogens is 308 g/mol. The van der Waals surface area contributed by atoms with Gasteiger partial charge in [-0.05, 0) is 29.8 Å². The zero-order chi connectivity index (χ0) is 16.9. The highest BCUT2D eigenvalue weighted by Gasteiger charge is 2.34. The lowest BCUT2D eigenvalue weighted by Crippen LogP contribution is -2.32. The first kappa shape index (κ1) is 16.1. The SMILES string of the molecule is COc1ccc(CN2C[C@@H](C(=O)NCc3ccco3)CC2=O)cc1. The van der Waals surface area contributed by atoms with Gasteiger partial charge < -0.3 is 19.4 Å². The summed E-state index contributed by atoms with van der Waals surface area (Å²) < 4.78 is 10.3. The number of amides is 2. The molecule has 1 saturated heterocycles. The summed E-state index contributed by atoms with van der Waals surface area (Å²) in [5.74, 6) is 1.05. The smallest absolute Gasteiger partial charge is 0.225 e. The molecule has 0 unspecified atom stereocenters. The minimum Gasteiger partial charge on any atom is -0.497 e. The van der Waals surface area contributed by atoms with Crippen molar-refractivity contribution in [2.75, 3.05) is 13.7 Å². The van der Waals surface area contributed by atoms with Crippen LogP contribution >= 0.6 is 0 Å². The number of likely N-dealkylation sites (tertiary alicyclic amines) is 1. The van der Waals surface area contributed by atoms with Gasteiger partial charge in [0, 0.05) is 19.5 Å². The van der Waals surface area contributed by atoms with E-state index in [1.165, 1.54) is 0 Å². The van der Waals surface area contributed by atoms with Gasteiger partial charge in [0.25, 0.3) is 0 Å². The Balaban J connectivity index is 1.53. The second-order valence-corrected chi connectivity index (χ2v) is 5.82. The standard InChI is InChI=1S/C18H20N2O4/c1-23-15-6-4-13(5-7-15)11-20-12-14(9-17(20)21)18(22)19-10-16-3-2-8-24-16/h2-8,14H,9-12H2,1H3,(H,19,22)/t14-/m0/s1. The predicted molar refractivity (Wildman–Crippen MR) is 87.1 cm³/mol. The average Bonchev–Trinajstić information content (AvgIpc) is 3.24. The maximum absolute atomic E-state index is 12.2. The Bertz CT molecular complexity index is 694.